The maximum absolute atomic E-state index is 12.8. The van der Waals surface area contributed by atoms with Crippen LogP contribution in [0.2, 0.25) is 0 Å². The number of benzene rings is 1. The highest BCUT2D eigenvalue weighted by Crippen LogP contribution is 2.41. The van der Waals surface area contributed by atoms with E-state index in [1.165, 1.54) is 22.5 Å². The molecule has 1 aliphatic heterocycles. The lowest BCUT2D eigenvalue weighted by atomic mass is 9.99. The van der Waals surface area contributed by atoms with Crippen molar-refractivity contribution in [1.29, 1.82) is 0 Å². The van der Waals surface area contributed by atoms with Crippen LogP contribution in [-0.4, -0.2) is 21.7 Å². The van der Waals surface area contributed by atoms with Crippen molar-refractivity contribution in [3.05, 3.63) is 87.5 Å². The monoisotopic (exact) mass is 379 g/mol. The zero-order valence-electron chi connectivity index (χ0n) is 14.6. The molecule has 136 valence electrons. The molecule has 4 rings (SSSR count). The summed E-state index contributed by atoms with van der Waals surface area (Å²) in [4.78, 5) is 27.8. The molecule has 3 aromatic rings. The van der Waals surface area contributed by atoms with Crippen molar-refractivity contribution in [2.45, 2.75) is 19.5 Å². The first kappa shape index (κ1) is 17.3. The first-order valence-corrected chi connectivity index (χ1v) is 9.35. The molecular formula is C21H17NO4S. The minimum atomic E-state index is -0.682. The van der Waals surface area contributed by atoms with Crippen molar-refractivity contribution in [3.8, 4) is 0 Å². The largest absolute Gasteiger partial charge is 0.507 e. The van der Waals surface area contributed by atoms with Crippen LogP contribution in [0.25, 0.3) is 5.76 Å². The zero-order chi connectivity index (χ0) is 19.0. The summed E-state index contributed by atoms with van der Waals surface area (Å²) in [6.07, 6.45) is 1.53. The number of thiophene rings is 1. The number of carbonyl (C=O) groups is 2. The highest BCUT2D eigenvalue weighted by atomic mass is 32.1. The molecule has 1 N–H and O–H groups in total. The van der Waals surface area contributed by atoms with Gasteiger partial charge in [-0.1, -0.05) is 35.9 Å². The van der Waals surface area contributed by atoms with Crippen LogP contribution >= 0.6 is 11.3 Å². The number of furan rings is 1. The molecule has 1 aromatic carbocycles. The van der Waals surface area contributed by atoms with Crippen LogP contribution in [0.15, 0.2) is 70.2 Å². The van der Waals surface area contributed by atoms with Gasteiger partial charge in [0.1, 0.15) is 17.6 Å². The average Bonchev–Trinajstić information content (AvgIpc) is 3.40. The average molecular weight is 379 g/mol. The minimum Gasteiger partial charge on any atom is -0.507 e. The van der Waals surface area contributed by atoms with E-state index in [0.717, 1.165) is 10.4 Å². The normalized spacial score (nSPS) is 19.0. The quantitative estimate of drug-likeness (QED) is 0.417. The van der Waals surface area contributed by atoms with E-state index >= 15 is 0 Å². The van der Waals surface area contributed by atoms with E-state index < -0.39 is 17.7 Å². The number of aliphatic hydroxyl groups is 1. The summed E-state index contributed by atoms with van der Waals surface area (Å²) < 4.78 is 5.36. The van der Waals surface area contributed by atoms with E-state index in [-0.39, 0.29) is 17.9 Å². The number of ketones is 1. The van der Waals surface area contributed by atoms with Gasteiger partial charge in [-0.25, -0.2) is 0 Å². The van der Waals surface area contributed by atoms with Crippen LogP contribution < -0.4 is 0 Å². The maximum Gasteiger partial charge on any atom is 0.296 e. The van der Waals surface area contributed by atoms with Crippen molar-refractivity contribution in [2.75, 3.05) is 0 Å². The Kier molecular flexibility index (Phi) is 4.41. The minimum absolute atomic E-state index is 0.109. The van der Waals surface area contributed by atoms with Gasteiger partial charge in [-0.15, -0.1) is 11.3 Å². The summed E-state index contributed by atoms with van der Waals surface area (Å²) in [5.74, 6) is -0.904. The van der Waals surface area contributed by atoms with Crippen molar-refractivity contribution in [1.82, 2.24) is 4.90 Å². The van der Waals surface area contributed by atoms with E-state index in [9.17, 15) is 14.7 Å². The number of nitrogens with zero attached hydrogens (tertiary/aromatic N) is 1. The molecule has 0 unspecified atom stereocenters. The van der Waals surface area contributed by atoms with Crippen LogP contribution in [0.4, 0.5) is 0 Å². The fourth-order valence-corrected chi connectivity index (χ4v) is 4.07. The molecule has 0 bridgehead atoms. The summed E-state index contributed by atoms with van der Waals surface area (Å²) >= 11 is 1.44. The van der Waals surface area contributed by atoms with Gasteiger partial charge >= 0.3 is 0 Å². The fraction of sp³-hybridized carbons (Fsp3) is 0.143. The fourth-order valence-electron chi connectivity index (χ4n) is 3.22. The molecule has 5 nitrogen and oxygen atoms in total. The first-order valence-electron chi connectivity index (χ1n) is 8.47. The lowest BCUT2D eigenvalue weighted by Gasteiger charge is -2.23. The molecule has 1 aliphatic rings. The molecule has 0 radical (unpaired) electrons. The molecule has 1 atom stereocenters. The Balaban J connectivity index is 1.83. The van der Waals surface area contributed by atoms with Crippen molar-refractivity contribution < 1.29 is 19.1 Å². The van der Waals surface area contributed by atoms with Gasteiger partial charge in [0, 0.05) is 10.4 Å². The molecule has 1 amide bonds. The second kappa shape index (κ2) is 6.89. The van der Waals surface area contributed by atoms with Gasteiger partial charge in [0.2, 0.25) is 0 Å². The van der Waals surface area contributed by atoms with Gasteiger partial charge in [-0.05, 0) is 30.5 Å². The molecule has 1 fully saturated rings. The summed E-state index contributed by atoms with van der Waals surface area (Å²) in [5.41, 5.74) is 1.66. The molecule has 1 saturated heterocycles. The van der Waals surface area contributed by atoms with E-state index in [0.29, 0.717) is 11.3 Å². The van der Waals surface area contributed by atoms with Gasteiger partial charge < -0.3 is 14.4 Å². The second-order valence-electron chi connectivity index (χ2n) is 6.39. The van der Waals surface area contributed by atoms with E-state index in [4.69, 9.17) is 4.42 Å². The van der Waals surface area contributed by atoms with Crippen LogP contribution in [0.5, 0.6) is 0 Å². The summed E-state index contributed by atoms with van der Waals surface area (Å²) in [6.45, 7) is 2.10. The number of aryl methyl sites for hydroxylation is 1. The number of hydrogen-bond donors (Lipinski definition) is 1. The lowest BCUT2D eigenvalue weighted by molar-refractivity contribution is -0.140. The Labute approximate surface area is 160 Å². The molecule has 0 spiro atoms. The lowest BCUT2D eigenvalue weighted by Crippen LogP contribution is -2.28. The van der Waals surface area contributed by atoms with Crippen LogP contribution in [0.1, 0.15) is 27.8 Å². The van der Waals surface area contributed by atoms with Crippen molar-refractivity contribution >= 4 is 28.8 Å². The highest BCUT2D eigenvalue weighted by molar-refractivity contribution is 7.10. The number of hydrogen-bond acceptors (Lipinski definition) is 5. The predicted molar refractivity (Wildman–Crippen MR) is 102 cm³/mol. The summed E-state index contributed by atoms with van der Waals surface area (Å²) in [7, 11) is 0. The SMILES string of the molecule is Cc1ccc(/C(O)=C2\C(=O)C(=O)N(Cc3ccco3)[C@H]2c2cccs2)cc1. The number of aliphatic hydroxyl groups excluding tert-OH is 1. The van der Waals surface area contributed by atoms with E-state index in [1.807, 2.05) is 36.6 Å². The molecule has 0 aliphatic carbocycles. The zero-order valence-corrected chi connectivity index (χ0v) is 15.4. The number of carbonyl (C=O) groups excluding carboxylic acids is 2. The van der Waals surface area contributed by atoms with Gasteiger partial charge in [0.15, 0.2) is 0 Å². The summed E-state index contributed by atoms with van der Waals surface area (Å²) in [6, 6.07) is 13.8. The van der Waals surface area contributed by atoms with Crippen LogP contribution in [-0.2, 0) is 16.1 Å². The van der Waals surface area contributed by atoms with Gasteiger partial charge in [-0.3, -0.25) is 9.59 Å². The Morgan fingerprint density at radius 1 is 1.15 bits per heavy atom. The number of amides is 1. The van der Waals surface area contributed by atoms with Crippen molar-refractivity contribution in [2.24, 2.45) is 0 Å². The molecular weight excluding hydrogens is 362 g/mol. The molecule has 6 heteroatoms. The Morgan fingerprint density at radius 2 is 1.93 bits per heavy atom. The Bertz CT molecular complexity index is 1000. The van der Waals surface area contributed by atoms with Crippen LogP contribution in [0.3, 0.4) is 0 Å². The van der Waals surface area contributed by atoms with Crippen LogP contribution in [0, 0.1) is 6.92 Å². The maximum atomic E-state index is 12.8. The summed E-state index contributed by atoms with van der Waals surface area (Å²) in [5, 5.41) is 12.8. The molecule has 3 heterocycles. The number of likely N-dealkylation sites (tertiary alicyclic amines) is 1. The smallest absolute Gasteiger partial charge is 0.296 e. The third-order valence-electron chi connectivity index (χ3n) is 4.58. The highest BCUT2D eigenvalue weighted by Gasteiger charge is 2.46. The second-order valence-corrected chi connectivity index (χ2v) is 7.37. The third-order valence-corrected chi connectivity index (χ3v) is 5.51. The Hall–Kier alpha value is -3.12. The van der Waals surface area contributed by atoms with E-state index in [2.05, 4.69) is 0 Å². The third kappa shape index (κ3) is 3.08. The molecule has 2 aromatic heterocycles. The van der Waals surface area contributed by atoms with Gasteiger partial charge in [0.05, 0.1) is 18.4 Å². The standard InChI is InChI=1S/C21H17NO4S/c1-13-6-8-14(9-7-13)19(23)17-18(16-5-3-11-27-16)22(21(25)20(17)24)12-15-4-2-10-26-15/h2-11,18,23H,12H2,1H3/b19-17+/t18-/m0/s1. The molecule has 27 heavy (non-hydrogen) atoms. The van der Waals surface area contributed by atoms with Gasteiger partial charge in [-0.2, -0.15) is 0 Å². The predicted octanol–water partition coefficient (Wildman–Crippen LogP) is 4.27. The first-order chi connectivity index (χ1) is 13.1. The van der Waals surface area contributed by atoms with Crippen molar-refractivity contribution in [3.63, 3.8) is 0 Å². The topological polar surface area (TPSA) is 70.8 Å². The Morgan fingerprint density at radius 3 is 2.56 bits per heavy atom. The van der Waals surface area contributed by atoms with E-state index in [1.54, 1.807) is 24.3 Å². The van der Waals surface area contributed by atoms with Gasteiger partial charge in [0.25, 0.3) is 11.7 Å². The number of rotatable bonds is 4. The number of Topliss-reactive ketones (excluding diaryl/α,β-unsaturated/α-hetero) is 1. The molecule has 0 saturated carbocycles.